The minimum absolute atomic E-state index is 0.634. The van der Waals surface area contributed by atoms with Gasteiger partial charge in [-0.3, -0.25) is 4.57 Å². The molecule has 0 aromatic carbocycles. The summed E-state index contributed by atoms with van der Waals surface area (Å²) in [4.78, 5) is 4.44. The Balaban J connectivity index is 2.63. The summed E-state index contributed by atoms with van der Waals surface area (Å²) in [5.74, 6) is 0.818. The van der Waals surface area contributed by atoms with E-state index in [1.807, 2.05) is 41.8 Å². The SMILES string of the molecule is CCc1ccc(C#N)n1-c1cccc(C)n1. The van der Waals surface area contributed by atoms with E-state index in [-0.39, 0.29) is 0 Å². The zero-order valence-electron chi connectivity index (χ0n) is 9.44. The van der Waals surface area contributed by atoms with Crippen LogP contribution in [0.25, 0.3) is 5.82 Å². The zero-order valence-corrected chi connectivity index (χ0v) is 9.44. The molecule has 0 aliphatic carbocycles. The molecule has 0 atom stereocenters. The molecule has 0 radical (unpaired) electrons. The molecule has 2 aromatic heterocycles. The summed E-state index contributed by atoms with van der Waals surface area (Å²) in [7, 11) is 0. The molecule has 0 amide bonds. The van der Waals surface area contributed by atoms with Crippen LogP contribution in [0.2, 0.25) is 0 Å². The molecule has 3 nitrogen and oxygen atoms in total. The summed E-state index contributed by atoms with van der Waals surface area (Å²) in [6.45, 7) is 4.02. The van der Waals surface area contributed by atoms with Gasteiger partial charge in [0.15, 0.2) is 0 Å². The fraction of sp³-hybridized carbons (Fsp3) is 0.231. The van der Waals surface area contributed by atoms with Crippen LogP contribution in [0.5, 0.6) is 0 Å². The summed E-state index contributed by atoms with van der Waals surface area (Å²) < 4.78 is 1.91. The highest BCUT2D eigenvalue weighted by Gasteiger charge is 2.09. The van der Waals surface area contributed by atoms with E-state index >= 15 is 0 Å². The first-order valence-electron chi connectivity index (χ1n) is 5.31. The molecule has 80 valence electrons. The van der Waals surface area contributed by atoms with Gasteiger partial charge in [-0.25, -0.2) is 4.98 Å². The molecule has 2 heterocycles. The number of rotatable bonds is 2. The highest BCUT2D eigenvalue weighted by Crippen LogP contribution is 2.15. The number of aromatic nitrogens is 2. The molecule has 3 heteroatoms. The van der Waals surface area contributed by atoms with Gasteiger partial charge in [0.2, 0.25) is 0 Å². The lowest BCUT2D eigenvalue weighted by molar-refractivity contribution is 0.886. The van der Waals surface area contributed by atoms with Crippen molar-refractivity contribution in [3.8, 4) is 11.9 Å². The van der Waals surface area contributed by atoms with Crippen molar-refractivity contribution in [2.75, 3.05) is 0 Å². The maximum Gasteiger partial charge on any atom is 0.138 e. The van der Waals surface area contributed by atoms with Crippen molar-refractivity contribution < 1.29 is 0 Å². The number of pyridine rings is 1. The predicted molar refractivity (Wildman–Crippen MR) is 62.4 cm³/mol. The molecule has 0 fully saturated rings. The van der Waals surface area contributed by atoms with Crippen LogP contribution in [0.3, 0.4) is 0 Å². The van der Waals surface area contributed by atoms with Crippen LogP contribution in [0.4, 0.5) is 0 Å². The fourth-order valence-electron chi connectivity index (χ4n) is 1.77. The van der Waals surface area contributed by atoms with Gasteiger partial charge in [-0.05, 0) is 37.6 Å². The van der Waals surface area contributed by atoms with Crippen molar-refractivity contribution >= 4 is 0 Å². The Morgan fingerprint density at radius 2 is 2.12 bits per heavy atom. The van der Waals surface area contributed by atoms with E-state index < -0.39 is 0 Å². The summed E-state index contributed by atoms with van der Waals surface area (Å²) >= 11 is 0. The minimum Gasteiger partial charge on any atom is -0.289 e. The fourth-order valence-corrected chi connectivity index (χ4v) is 1.77. The average Bonchev–Trinajstić information content (AvgIpc) is 2.71. The van der Waals surface area contributed by atoms with E-state index in [4.69, 9.17) is 5.26 Å². The van der Waals surface area contributed by atoms with Crippen molar-refractivity contribution in [3.05, 3.63) is 47.4 Å². The van der Waals surface area contributed by atoms with Crippen molar-refractivity contribution in [3.63, 3.8) is 0 Å². The van der Waals surface area contributed by atoms with Crippen molar-refractivity contribution in [2.45, 2.75) is 20.3 Å². The molecule has 0 bridgehead atoms. The lowest BCUT2D eigenvalue weighted by Crippen LogP contribution is -2.04. The first-order valence-corrected chi connectivity index (χ1v) is 5.31. The molecule has 16 heavy (non-hydrogen) atoms. The average molecular weight is 211 g/mol. The molecular weight excluding hydrogens is 198 g/mol. The van der Waals surface area contributed by atoms with Crippen molar-refractivity contribution in [1.29, 1.82) is 5.26 Å². The van der Waals surface area contributed by atoms with Crippen LogP contribution in [0.15, 0.2) is 30.3 Å². The maximum absolute atomic E-state index is 9.06. The van der Waals surface area contributed by atoms with Gasteiger partial charge in [0.25, 0.3) is 0 Å². The molecular formula is C13H13N3. The minimum atomic E-state index is 0.634. The number of nitriles is 1. The quantitative estimate of drug-likeness (QED) is 0.766. The first kappa shape index (κ1) is 10.4. The maximum atomic E-state index is 9.06. The second-order valence-corrected chi connectivity index (χ2v) is 3.65. The summed E-state index contributed by atoms with van der Waals surface area (Å²) in [6, 6.07) is 11.8. The van der Waals surface area contributed by atoms with Crippen LogP contribution in [0, 0.1) is 18.3 Å². The van der Waals surface area contributed by atoms with Crippen LogP contribution >= 0.6 is 0 Å². The Labute approximate surface area is 95.0 Å². The van der Waals surface area contributed by atoms with E-state index in [9.17, 15) is 0 Å². The van der Waals surface area contributed by atoms with Crippen molar-refractivity contribution in [1.82, 2.24) is 9.55 Å². The standard InChI is InChI=1S/C13H13N3/c1-3-11-7-8-12(9-14)16(11)13-6-4-5-10(2)15-13/h4-8H,3H2,1-2H3. The van der Waals surface area contributed by atoms with Gasteiger partial charge in [-0.2, -0.15) is 5.26 Å². The summed E-state index contributed by atoms with van der Waals surface area (Å²) in [6.07, 6.45) is 0.886. The first-order chi connectivity index (χ1) is 7.76. The van der Waals surface area contributed by atoms with E-state index in [1.54, 1.807) is 0 Å². The number of hydrogen-bond donors (Lipinski definition) is 0. The molecule has 0 N–H and O–H groups in total. The van der Waals surface area contributed by atoms with Gasteiger partial charge in [0.1, 0.15) is 17.6 Å². The molecule has 0 saturated carbocycles. The van der Waals surface area contributed by atoms with Gasteiger partial charge in [-0.1, -0.05) is 13.0 Å². The molecule has 0 spiro atoms. The van der Waals surface area contributed by atoms with E-state index in [2.05, 4.69) is 18.0 Å². The molecule has 2 rings (SSSR count). The van der Waals surface area contributed by atoms with Crippen LogP contribution in [0.1, 0.15) is 24.0 Å². The molecule has 0 aliphatic rings. The van der Waals surface area contributed by atoms with E-state index in [1.165, 1.54) is 0 Å². The van der Waals surface area contributed by atoms with Gasteiger partial charge in [0, 0.05) is 11.4 Å². The third-order valence-corrected chi connectivity index (χ3v) is 2.54. The molecule has 0 saturated heterocycles. The van der Waals surface area contributed by atoms with E-state index in [0.717, 1.165) is 23.6 Å². The Morgan fingerprint density at radius 3 is 2.75 bits per heavy atom. The third-order valence-electron chi connectivity index (χ3n) is 2.54. The molecule has 0 aliphatic heterocycles. The normalized spacial score (nSPS) is 10.1. The topological polar surface area (TPSA) is 41.6 Å². The molecule has 0 unspecified atom stereocenters. The van der Waals surface area contributed by atoms with Gasteiger partial charge >= 0.3 is 0 Å². The van der Waals surface area contributed by atoms with Crippen LogP contribution < -0.4 is 0 Å². The van der Waals surface area contributed by atoms with Gasteiger partial charge in [-0.15, -0.1) is 0 Å². The Kier molecular flexibility index (Phi) is 2.74. The van der Waals surface area contributed by atoms with E-state index in [0.29, 0.717) is 5.69 Å². The summed E-state index contributed by atoms with van der Waals surface area (Å²) in [5.41, 5.74) is 2.70. The lowest BCUT2D eigenvalue weighted by Gasteiger charge is -2.08. The largest absolute Gasteiger partial charge is 0.289 e. The smallest absolute Gasteiger partial charge is 0.138 e. The number of aryl methyl sites for hydroxylation is 2. The highest BCUT2D eigenvalue weighted by molar-refractivity contribution is 5.38. The molecule has 2 aromatic rings. The van der Waals surface area contributed by atoms with Gasteiger partial charge < -0.3 is 0 Å². The Morgan fingerprint density at radius 1 is 1.31 bits per heavy atom. The number of hydrogen-bond acceptors (Lipinski definition) is 2. The summed E-state index contributed by atoms with van der Waals surface area (Å²) in [5, 5.41) is 9.06. The predicted octanol–water partition coefficient (Wildman–Crippen LogP) is 2.61. The van der Waals surface area contributed by atoms with Crippen LogP contribution in [-0.2, 0) is 6.42 Å². The lowest BCUT2D eigenvalue weighted by atomic mass is 10.3. The van der Waals surface area contributed by atoms with Crippen molar-refractivity contribution in [2.24, 2.45) is 0 Å². The Bertz CT molecular complexity index is 547. The Hall–Kier alpha value is -2.08. The van der Waals surface area contributed by atoms with Gasteiger partial charge in [0.05, 0.1) is 0 Å². The second-order valence-electron chi connectivity index (χ2n) is 3.65. The zero-order chi connectivity index (χ0) is 11.5. The van der Waals surface area contributed by atoms with Crippen LogP contribution in [-0.4, -0.2) is 9.55 Å². The monoisotopic (exact) mass is 211 g/mol. The second kappa shape index (κ2) is 4.19. The highest BCUT2D eigenvalue weighted by atomic mass is 15.1. The number of nitrogens with zero attached hydrogens (tertiary/aromatic N) is 3. The third kappa shape index (κ3) is 1.70.